The highest BCUT2D eigenvalue weighted by atomic mass is 32.3. The van der Waals surface area contributed by atoms with E-state index in [2.05, 4.69) is 5.32 Å². The van der Waals surface area contributed by atoms with Crippen molar-refractivity contribution in [3.05, 3.63) is 11.6 Å². The van der Waals surface area contributed by atoms with Crippen LogP contribution in [0.2, 0.25) is 0 Å². The van der Waals surface area contributed by atoms with Gasteiger partial charge in [0.15, 0.2) is 15.6 Å². The van der Waals surface area contributed by atoms with Gasteiger partial charge in [0, 0.05) is 5.56 Å². The molecule has 1 unspecified atom stereocenters. The quantitative estimate of drug-likeness (QED) is 0.249. The average molecular weight is 390 g/mol. The standard InChI is InChI=1S/C9H14N2O9S3/c10-23(19,20)5-1-4-6(11-2-9(14,15)16)8(12,13)3-22(17,18)7(4)21-5/h1,6,11-16H,2-3H2,(H2,10,19,20). The van der Waals surface area contributed by atoms with Crippen LogP contribution in [0.15, 0.2) is 14.5 Å². The molecule has 14 heteroatoms. The monoisotopic (exact) mass is 390 g/mol. The lowest BCUT2D eigenvalue weighted by Crippen LogP contribution is -2.54. The lowest BCUT2D eigenvalue weighted by atomic mass is 10.0. The van der Waals surface area contributed by atoms with Gasteiger partial charge in [0.2, 0.25) is 10.0 Å². The summed E-state index contributed by atoms with van der Waals surface area (Å²) < 4.78 is 45.9. The predicted molar refractivity (Wildman–Crippen MR) is 75.0 cm³/mol. The summed E-state index contributed by atoms with van der Waals surface area (Å²) in [5.41, 5.74) is -0.320. The fourth-order valence-corrected chi connectivity index (χ4v) is 6.31. The van der Waals surface area contributed by atoms with Crippen LogP contribution < -0.4 is 10.5 Å². The zero-order valence-corrected chi connectivity index (χ0v) is 13.7. The molecule has 0 saturated carbocycles. The van der Waals surface area contributed by atoms with E-state index in [1.54, 1.807) is 0 Å². The molecule has 0 amide bonds. The molecule has 0 spiro atoms. The van der Waals surface area contributed by atoms with Crippen molar-refractivity contribution >= 4 is 31.2 Å². The van der Waals surface area contributed by atoms with Crippen LogP contribution in [0.5, 0.6) is 0 Å². The van der Waals surface area contributed by atoms with E-state index in [0.29, 0.717) is 11.3 Å². The summed E-state index contributed by atoms with van der Waals surface area (Å²) in [7, 11) is -8.44. The molecular weight excluding hydrogens is 376 g/mol. The first kappa shape index (κ1) is 18.7. The maximum atomic E-state index is 12.1. The van der Waals surface area contributed by atoms with Gasteiger partial charge in [0.1, 0.15) is 14.2 Å². The molecule has 0 saturated heterocycles. The zero-order valence-electron chi connectivity index (χ0n) is 11.2. The molecule has 11 nitrogen and oxygen atoms in total. The molecule has 1 aromatic rings. The Bertz CT molecular complexity index is 819. The topological polar surface area (TPSA) is 207 Å². The summed E-state index contributed by atoms with van der Waals surface area (Å²) in [4.78, 5) is 0. The first-order chi connectivity index (χ1) is 10.1. The second kappa shape index (κ2) is 5.41. The number of rotatable bonds is 4. The van der Waals surface area contributed by atoms with Crippen molar-refractivity contribution in [1.29, 1.82) is 0 Å². The van der Waals surface area contributed by atoms with E-state index < -0.39 is 58.4 Å². The van der Waals surface area contributed by atoms with Gasteiger partial charge in [-0.25, -0.2) is 22.0 Å². The molecule has 8 N–H and O–H groups in total. The Hall–Kier alpha value is -0.680. The second-order valence-corrected chi connectivity index (χ2v) is 10.1. The normalized spacial score (nSPS) is 23.5. The first-order valence-corrected chi connectivity index (χ1v) is 9.89. The molecule has 132 valence electrons. The molecule has 0 aromatic carbocycles. The van der Waals surface area contributed by atoms with Gasteiger partial charge in [-0.2, -0.15) is 0 Å². The molecule has 1 aliphatic rings. The van der Waals surface area contributed by atoms with E-state index in [1.807, 2.05) is 0 Å². The van der Waals surface area contributed by atoms with E-state index in [1.165, 1.54) is 0 Å². The maximum absolute atomic E-state index is 12.1. The van der Waals surface area contributed by atoms with Crippen molar-refractivity contribution in [3.8, 4) is 0 Å². The maximum Gasteiger partial charge on any atom is 0.288 e. The molecular formula is C9H14N2O9S3. The summed E-state index contributed by atoms with van der Waals surface area (Å²) in [5.74, 6) is -7.25. The van der Waals surface area contributed by atoms with Crippen molar-refractivity contribution < 1.29 is 42.4 Å². The minimum atomic E-state index is -4.24. The fourth-order valence-electron chi connectivity index (χ4n) is 2.14. The van der Waals surface area contributed by atoms with Crippen LogP contribution in [-0.4, -0.2) is 66.4 Å². The number of nitrogens with two attached hydrogens (primary N) is 1. The lowest BCUT2D eigenvalue weighted by Gasteiger charge is -2.36. The van der Waals surface area contributed by atoms with Gasteiger partial charge in [-0.1, -0.05) is 0 Å². The van der Waals surface area contributed by atoms with Crippen LogP contribution >= 0.6 is 11.3 Å². The van der Waals surface area contributed by atoms with E-state index >= 15 is 0 Å². The van der Waals surface area contributed by atoms with E-state index in [-0.39, 0.29) is 5.56 Å². The van der Waals surface area contributed by atoms with Crippen LogP contribution in [0.4, 0.5) is 0 Å². The summed E-state index contributed by atoms with van der Waals surface area (Å²) in [6.07, 6.45) is 0. The molecule has 0 radical (unpaired) electrons. The number of primary sulfonamides is 1. The van der Waals surface area contributed by atoms with Crippen LogP contribution in [-0.2, 0) is 19.9 Å². The highest BCUT2D eigenvalue weighted by Crippen LogP contribution is 2.43. The molecule has 1 aromatic heterocycles. The Morgan fingerprint density at radius 1 is 1.39 bits per heavy atom. The number of thiophene rings is 1. The number of sulfone groups is 1. The van der Waals surface area contributed by atoms with Gasteiger partial charge in [-0.15, -0.1) is 11.3 Å². The van der Waals surface area contributed by atoms with Crippen LogP contribution in [0.1, 0.15) is 11.6 Å². The molecule has 1 atom stereocenters. The van der Waals surface area contributed by atoms with Crippen molar-refractivity contribution in [1.82, 2.24) is 5.32 Å². The summed E-state index contributed by atoms with van der Waals surface area (Å²) in [5, 5.41) is 53.5. The highest BCUT2D eigenvalue weighted by Gasteiger charge is 2.49. The SMILES string of the molecule is NS(=O)(=O)c1cc2c(s1)S(=O)(=O)CC(O)(O)C2NCC(O)(O)O. The third kappa shape index (κ3) is 3.87. The molecule has 23 heavy (non-hydrogen) atoms. The number of hydrogen-bond acceptors (Lipinski definition) is 11. The van der Waals surface area contributed by atoms with Gasteiger partial charge < -0.3 is 25.5 Å². The van der Waals surface area contributed by atoms with Crippen molar-refractivity contribution in [2.45, 2.75) is 26.2 Å². The molecule has 0 aliphatic carbocycles. The molecule has 0 bridgehead atoms. The Morgan fingerprint density at radius 3 is 2.43 bits per heavy atom. The third-order valence-corrected chi connectivity index (χ3v) is 7.97. The first-order valence-electron chi connectivity index (χ1n) is 5.88. The minimum Gasteiger partial charge on any atom is -0.363 e. The van der Waals surface area contributed by atoms with Gasteiger partial charge in [-0.3, -0.25) is 5.32 Å². The van der Waals surface area contributed by atoms with Gasteiger partial charge in [-0.05, 0) is 6.07 Å². The largest absolute Gasteiger partial charge is 0.363 e. The fraction of sp³-hybridized carbons (Fsp3) is 0.556. The summed E-state index contributed by atoms with van der Waals surface area (Å²) in [6, 6.07) is -0.766. The van der Waals surface area contributed by atoms with Gasteiger partial charge in [0.25, 0.3) is 5.97 Å². The van der Waals surface area contributed by atoms with Crippen molar-refractivity contribution in [2.75, 3.05) is 12.3 Å². The molecule has 1 aliphatic heterocycles. The van der Waals surface area contributed by atoms with Gasteiger partial charge >= 0.3 is 0 Å². The second-order valence-electron chi connectivity index (χ2n) is 5.08. The summed E-state index contributed by atoms with van der Waals surface area (Å²) >= 11 is 0.336. The number of aliphatic hydroxyl groups is 5. The summed E-state index contributed by atoms with van der Waals surface area (Å²) in [6.45, 7) is -0.972. The number of sulfonamides is 1. The van der Waals surface area contributed by atoms with Crippen molar-refractivity contribution in [2.24, 2.45) is 5.14 Å². The number of hydrogen-bond donors (Lipinski definition) is 7. The predicted octanol–water partition coefficient (Wildman–Crippen LogP) is -3.87. The third-order valence-electron chi connectivity index (χ3n) is 2.98. The molecule has 0 fully saturated rings. The Morgan fingerprint density at radius 2 is 1.96 bits per heavy atom. The average Bonchev–Trinajstić information content (AvgIpc) is 2.69. The number of nitrogens with one attached hydrogen (secondary N) is 1. The lowest BCUT2D eigenvalue weighted by molar-refractivity contribution is -0.309. The Labute approximate surface area is 134 Å². The minimum absolute atomic E-state index is 0.320. The van der Waals surface area contributed by atoms with Crippen molar-refractivity contribution in [3.63, 3.8) is 0 Å². The zero-order chi connectivity index (χ0) is 17.8. The van der Waals surface area contributed by atoms with E-state index in [9.17, 15) is 27.0 Å². The molecule has 2 rings (SSSR count). The van der Waals surface area contributed by atoms with E-state index in [4.69, 9.17) is 20.5 Å². The molecule has 2 heterocycles. The smallest absolute Gasteiger partial charge is 0.288 e. The van der Waals surface area contributed by atoms with Crippen LogP contribution in [0, 0.1) is 0 Å². The van der Waals surface area contributed by atoms with Gasteiger partial charge in [0.05, 0.1) is 12.6 Å². The Kier molecular flexibility index (Phi) is 4.39. The number of fused-ring (bicyclic) bond motifs is 1. The van der Waals surface area contributed by atoms with E-state index in [0.717, 1.165) is 6.07 Å². The van der Waals surface area contributed by atoms with Crippen LogP contribution in [0.25, 0.3) is 0 Å². The highest BCUT2D eigenvalue weighted by molar-refractivity contribution is 7.95. The van der Waals surface area contributed by atoms with Crippen LogP contribution in [0.3, 0.4) is 0 Å². The Balaban J connectivity index is 2.58.